The third-order valence-electron chi connectivity index (χ3n) is 4.69. The van der Waals surface area contributed by atoms with Gasteiger partial charge in [0.15, 0.2) is 0 Å². The molecule has 1 amide bonds. The van der Waals surface area contributed by atoms with E-state index in [0.717, 1.165) is 30.4 Å². The summed E-state index contributed by atoms with van der Waals surface area (Å²) in [4.78, 5) is 12.5. The first-order chi connectivity index (χ1) is 11.5. The summed E-state index contributed by atoms with van der Waals surface area (Å²) in [5, 5.41) is 17.8. The van der Waals surface area contributed by atoms with Crippen molar-refractivity contribution in [2.45, 2.75) is 57.6 Å². The van der Waals surface area contributed by atoms with E-state index in [4.69, 9.17) is 0 Å². The molecule has 1 aliphatic rings. The summed E-state index contributed by atoms with van der Waals surface area (Å²) in [6, 6.07) is 7.98. The van der Waals surface area contributed by atoms with E-state index in [0.29, 0.717) is 24.6 Å². The molecule has 128 valence electrons. The smallest absolute Gasteiger partial charge is 0.256 e. The standard InChI is InChI=1S/C19H25N3O2/c1-14(2)22-13-16(12-20-22)15-7-6-8-17(11-15)21-18(23)19(24)9-4-3-5-10-19/h6-8,11-14,24H,3-5,9-10H2,1-2H3,(H,21,23). The molecule has 1 aromatic carbocycles. The van der Waals surface area contributed by atoms with Crippen molar-refractivity contribution in [3.8, 4) is 11.1 Å². The fraction of sp³-hybridized carbons (Fsp3) is 0.474. The van der Waals surface area contributed by atoms with E-state index in [-0.39, 0.29) is 5.91 Å². The average molecular weight is 327 g/mol. The summed E-state index contributed by atoms with van der Waals surface area (Å²) < 4.78 is 1.91. The van der Waals surface area contributed by atoms with Crippen LogP contribution in [0.15, 0.2) is 36.7 Å². The van der Waals surface area contributed by atoms with Gasteiger partial charge in [0, 0.05) is 23.5 Å². The Hall–Kier alpha value is -2.14. The zero-order chi connectivity index (χ0) is 17.2. The summed E-state index contributed by atoms with van der Waals surface area (Å²) in [7, 11) is 0. The fourth-order valence-corrected chi connectivity index (χ4v) is 3.16. The van der Waals surface area contributed by atoms with Crippen LogP contribution in [0.2, 0.25) is 0 Å². The lowest BCUT2D eigenvalue weighted by Crippen LogP contribution is -2.44. The number of hydrogen-bond donors (Lipinski definition) is 2. The largest absolute Gasteiger partial charge is 0.380 e. The molecule has 24 heavy (non-hydrogen) atoms. The number of nitrogens with one attached hydrogen (secondary N) is 1. The lowest BCUT2D eigenvalue weighted by Gasteiger charge is -2.30. The summed E-state index contributed by atoms with van der Waals surface area (Å²) in [6.07, 6.45) is 7.80. The molecule has 5 heteroatoms. The number of carbonyl (C=O) groups is 1. The fourth-order valence-electron chi connectivity index (χ4n) is 3.16. The first-order valence-corrected chi connectivity index (χ1v) is 8.66. The number of amides is 1. The minimum absolute atomic E-state index is 0.294. The minimum atomic E-state index is -1.23. The highest BCUT2D eigenvalue weighted by molar-refractivity contribution is 5.97. The van der Waals surface area contributed by atoms with Gasteiger partial charge in [-0.05, 0) is 44.4 Å². The Balaban J connectivity index is 1.76. The molecule has 5 nitrogen and oxygen atoms in total. The number of nitrogens with zero attached hydrogens (tertiary/aromatic N) is 2. The molecule has 0 unspecified atom stereocenters. The Morgan fingerprint density at radius 3 is 2.67 bits per heavy atom. The monoisotopic (exact) mass is 327 g/mol. The van der Waals surface area contributed by atoms with Crippen LogP contribution < -0.4 is 5.32 Å². The normalized spacial score (nSPS) is 17.0. The van der Waals surface area contributed by atoms with E-state index in [9.17, 15) is 9.90 Å². The highest BCUT2D eigenvalue weighted by atomic mass is 16.3. The Morgan fingerprint density at radius 2 is 2.00 bits per heavy atom. The molecule has 1 aliphatic carbocycles. The van der Waals surface area contributed by atoms with Crippen molar-refractivity contribution in [3.63, 3.8) is 0 Å². The highest BCUT2D eigenvalue weighted by Gasteiger charge is 2.37. The Bertz CT molecular complexity index is 715. The maximum Gasteiger partial charge on any atom is 0.256 e. The number of aliphatic hydroxyl groups is 1. The van der Waals surface area contributed by atoms with Gasteiger partial charge in [-0.2, -0.15) is 5.10 Å². The molecule has 2 N–H and O–H groups in total. The lowest BCUT2D eigenvalue weighted by molar-refractivity contribution is -0.137. The van der Waals surface area contributed by atoms with Crippen LogP contribution >= 0.6 is 0 Å². The molecule has 1 aromatic heterocycles. The lowest BCUT2D eigenvalue weighted by atomic mass is 9.84. The molecule has 0 spiro atoms. The molecule has 0 radical (unpaired) electrons. The van der Waals surface area contributed by atoms with Crippen molar-refractivity contribution < 1.29 is 9.90 Å². The van der Waals surface area contributed by atoms with Crippen molar-refractivity contribution in [1.29, 1.82) is 0 Å². The molecule has 0 atom stereocenters. The van der Waals surface area contributed by atoms with Gasteiger partial charge in [0.1, 0.15) is 5.60 Å². The van der Waals surface area contributed by atoms with Crippen LogP contribution in [-0.2, 0) is 4.79 Å². The topological polar surface area (TPSA) is 67.2 Å². The van der Waals surface area contributed by atoms with E-state index in [2.05, 4.69) is 24.3 Å². The third-order valence-corrected chi connectivity index (χ3v) is 4.69. The summed E-state index contributed by atoms with van der Waals surface area (Å²) in [5.74, 6) is -0.294. The first kappa shape index (κ1) is 16.7. The van der Waals surface area contributed by atoms with Crippen LogP contribution in [0.5, 0.6) is 0 Å². The number of hydrogen-bond acceptors (Lipinski definition) is 3. The maximum atomic E-state index is 12.5. The van der Waals surface area contributed by atoms with E-state index >= 15 is 0 Å². The summed E-state index contributed by atoms with van der Waals surface area (Å²) in [5.41, 5.74) is 1.48. The predicted molar refractivity (Wildman–Crippen MR) is 94.7 cm³/mol. The van der Waals surface area contributed by atoms with Gasteiger partial charge in [0.2, 0.25) is 0 Å². The SMILES string of the molecule is CC(C)n1cc(-c2cccc(NC(=O)C3(O)CCCCC3)c2)cn1. The van der Waals surface area contributed by atoms with Crippen LogP contribution in [0, 0.1) is 0 Å². The van der Waals surface area contributed by atoms with Gasteiger partial charge < -0.3 is 10.4 Å². The molecule has 2 aromatic rings. The second-order valence-corrected chi connectivity index (χ2v) is 6.93. The molecule has 1 heterocycles. The zero-order valence-electron chi connectivity index (χ0n) is 14.3. The van der Waals surface area contributed by atoms with Crippen LogP contribution in [0.25, 0.3) is 11.1 Å². The number of rotatable bonds is 4. The minimum Gasteiger partial charge on any atom is -0.380 e. The molecule has 3 rings (SSSR count). The second-order valence-electron chi connectivity index (χ2n) is 6.93. The van der Waals surface area contributed by atoms with Gasteiger partial charge in [0.05, 0.1) is 6.20 Å². The number of aromatic nitrogens is 2. The van der Waals surface area contributed by atoms with E-state index in [1.165, 1.54) is 0 Å². The summed E-state index contributed by atoms with van der Waals surface area (Å²) in [6.45, 7) is 4.16. The van der Waals surface area contributed by atoms with Crippen molar-refractivity contribution in [3.05, 3.63) is 36.7 Å². The van der Waals surface area contributed by atoms with Crippen molar-refractivity contribution >= 4 is 11.6 Å². The van der Waals surface area contributed by atoms with Crippen LogP contribution in [0.3, 0.4) is 0 Å². The maximum absolute atomic E-state index is 12.5. The molecule has 0 aliphatic heterocycles. The quantitative estimate of drug-likeness (QED) is 0.898. The van der Waals surface area contributed by atoms with Gasteiger partial charge >= 0.3 is 0 Å². The first-order valence-electron chi connectivity index (χ1n) is 8.66. The molecular formula is C19H25N3O2. The van der Waals surface area contributed by atoms with Crippen molar-refractivity contribution in [1.82, 2.24) is 9.78 Å². The van der Waals surface area contributed by atoms with Crippen LogP contribution in [0.1, 0.15) is 52.0 Å². The Labute approximate surface area is 142 Å². The zero-order valence-corrected chi connectivity index (χ0v) is 14.3. The van der Waals surface area contributed by atoms with Crippen LogP contribution in [-0.4, -0.2) is 26.4 Å². The van der Waals surface area contributed by atoms with Gasteiger partial charge in [-0.15, -0.1) is 0 Å². The van der Waals surface area contributed by atoms with Gasteiger partial charge in [-0.3, -0.25) is 9.48 Å². The number of anilines is 1. The third kappa shape index (κ3) is 3.51. The molecule has 0 saturated heterocycles. The predicted octanol–water partition coefficient (Wildman–Crippen LogP) is 3.76. The second kappa shape index (κ2) is 6.77. The van der Waals surface area contributed by atoms with Gasteiger partial charge in [0.25, 0.3) is 5.91 Å². The van der Waals surface area contributed by atoms with Gasteiger partial charge in [-0.1, -0.05) is 31.4 Å². The summed E-state index contributed by atoms with van der Waals surface area (Å²) >= 11 is 0. The van der Waals surface area contributed by atoms with Crippen molar-refractivity contribution in [2.24, 2.45) is 0 Å². The van der Waals surface area contributed by atoms with Crippen molar-refractivity contribution in [2.75, 3.05) is 5.32 Å². The van der Waals surface area contributed by atoms with Gasteiger partial charge in [-0.25, -0.2) is 0 Å². The highest BCUT2D eigenvalue weighted by Crippen LogP contribution is 2.30. The molecular weight excluding hydrogens is 302 g/mol. The van der Waals surface area contributed by atoms with E-state index in [1.54, 1.807) is 0 Å². The average Bonchev–Trinajstić information content (AvgIpc) is 3.06. The molecule has 0 bridgehead atoms. The Morgan fingerprint density at radius 1 is 1.25 bits per heavy atom. The number of benzene rings is 1. The van der Waals surface area contributed by atoms with E-state index < -0.39 is 5.60 Å². The van der Waals surface area contributed by atoms with Crippen LogP contribution in [0.4, 0.5) is 5.69 Å². The Kier molecular flexibility index (Phi) is 4.71. The van der Waals surface area contributed by atoms with E-state index in [1.807, 2.05) is 41.3 Å². The molecule has 1 fully saturated rings. The molecule has 1 saturated carbocycles. The number of carbonyl (C=O) groups excluding carboxylic acids is 1.